The molecule has 0 aromatic carbocycles. The van der Waals surface area contributed by atoms with Gasteiger partial charge in [0.05, 0.1) is 17.8 Å². The van der Waals surface area contributed by atoms with Gasteiger partial charge in [-0.25, -0.2) is 4.98 Å². The number of rotatable bonds is 6. The molecular weight excluding hydrogens is 224 g/mol. The largest absolute Gasteiger partial charge is 0.465 e. The van der Waals surface area contributed by atoms with E-state index in [4.69, 9.17) is 4.74 Å². The van der Waals surface area contributed by atoms with Crippen LogP contribution in [-0.2, 0) is 16.0 Å². The number of carbonyl (C=O) groups excluding carboxylic acids is 1. The second kappa shape index (κ2) is 6.60. The van der Waals surface area contributed by atoms with Crippen molar-refractivity contribution in [2.75, 3.05) is 13.2 Å². The Hall–Kier alpha value is -0.940. The van der Waals surface area contributed by atoms with E-state index in [9.17, 15) is 4.79 Å². The number of nitrogens with one attached hydrogen (secondary N) is 1. The lowest BCUT2D eigenvalue weighted by molar-refractivity contribution is -0.145. The van der Waals surface area contributed by atoms with Crippen LogP contribution >= 0.6 is 11.3 Å². The summed E-state index contributed by atoms with van der Waals surface area (Å²) < 4.78 is 4.90. The number of ether oxygens (including phenoxy) is 1. The van der Waals surface area contributed by atoms with Gasteiger partial charge < -0.3 is 10.1 Å². The van der Waals surface area contributed by atoms with Gasteiger partial charge in [-0.05, 0) is 27.2 Å². The highest BCUT2D eigenvalue weighted by molar-refractivity contribution is 7.09. The van der Waals surface area contributed by atoms with E-state index < -0.39 is 0 Å². The van der Waals surface area contributed by atoms with Crippen LogP contribution in [0, 0.1) is 6.92 Å². The molecule has 90 valence electrons. The van der Waals surface area contributed by atoms with Crippen LogP contribution < -0.4 is 5.32 Å². The van der Waals surface area contributed by atoms with Gasteiger partial charge in [-0.1, -0.05) is 0 Å². The van der Waals surface area contributed by atoms with Gasteiger partial charge in [-0.15, -0.1) is 11.3 Å². The van der Waals surface area contributed by atoms with Gasteiger partial charge in [0.1, 0.15) is 6.04 Å². The Morgan fingerprint density at radius 2 is 2.44 bits per heavy atom. The highest BCUT2D eigenvalue weighted by atomic mass is 32.1. The van der Waals surface area contributed by atoms with Crippen LogP contribution in [0.2, 0.25) is 0 Å². The molecule has 4 nitrogen and oxygen atoms in total. The molecule has 0 aliphatic carbocycles. The number of esters is 1. The first-order chi connectivity index (χ1) is 7.65. The summed E-state index contributed by atoms with van der Waals surface area (Å²) in [7, 11) is 0. The predicted octanol–water partition coefficient (Wildman–Crippen LogP) is 1.54. The maximum Gasteiger partial charge on any atom is 0.322 e. The fourth-order valence-corrected chi connectivity index (χ4v) is 2.10. The number of thiazole rings is 1. The number of nitrogens with zero attached hydrogens (tertiary/aromatic N) is 1. The van der Waals surface area contributed by atoms with Crippen LogP contribution in [0.1, 0.15) is 24.4 Å². The highest BCUT2D eigenvalue weighted by Crippen LogP contribution is 2.11. The van der Waals surface area contributed by atoms with Gasteiger partial charge in [-0.3, -0.25) is 4.79 Å². The van der Waals surface area contributed by atoms with Crippen molar-refractivity contribution in [1.29, 1.82) is 0 Å². The number of aromatic nitrogens is 1. The summed E-state index contributed by atoms with van der Waals surface area (Å²) in [4.78, 5) is 16.8. The Morgan fingerprint density at radius 1 is 1.69 bits per heavy atom. The first-order valence-electron chi connectivity index (χ1n) is 5.44. The lowest BCUT2D eigenvalue weighted by Crippen LogP contribution is -2.36. The summed E-state index contributed by atoms with van der Waals surface area (Å²) in [5.41, 5.74) is 2.93. The maximum absolute atomic E-state index is 11.3. The molecule has 0 saturated heterocycles. The standard InChI is InChI=1S/C11H18N2O2S/c1-4-15-11(14)9(3)12-6-5-10-8(2)13-7-16-10/h7,9,12H,4-6H2,1-3H3. The van der Waals surface area contributed by atoms with E-state index in [-0.39, 0.29) is 12.0 Å². The summed E-state index contributed by atoms with van der Waals surface area (Å²) >= 11 is 1.65. The summed E-state index contributed by atoms with van der Waals surface area (Å²) in [6.07, 6.45) is 0.903. The van der Waals surface area contributed by atoms with Gasteiger partial charge in [0.25, 0.3) is 0 Å². The summed E-state index contributed by atoms with van der Waals surface area (Å²) in [6.45, 7) is 6.82. The van der Waals surface area contributed by atoms with Gasteiger partial charge in [0.2, 0.25) is 0 Å². The van der Waals surface area contributed by atoms with E-state index in [2.05, 4.69) is 10.3 Å². The van der Waals surface area contributed by atoms with Crippen LogP contribution in [0.15, 0.2) is 5.51 Å². The number of aryl methyl sites for hydroxylation is 1. The zero-order valence-corrected chi connectivity index (χ0v) is 10.8. The van der Waals surface area contributed by atoms with Gasteiger partial charge >= 0.3 is 5.97 Å². The molecule has 1 atom stereocenters. The average molecular weight is 242 g/mol. The molecule has 0 aliphatic heterocycles. The van der Waals surface area contributed by atoms with Crippen molar-refractivity contribution in [2.45, 2.75) is 33.2 Å². The van der Waals surface area contributed by atoms with Crippen LogP contribution in [0.25, 0.3) is 0 Å². The van der Waals surface area contributed by atoms with E-state index in [0.717, 1.165) is 18.7 Å². The highest BCUT2D eigenvalue weighted by Gasteiger charge is 2.12. The van der Waals surface area contributed by atoms with Gasteiger partial charge in [0.15, 0.2) is 0 Å². The van der Waals surface area contributed by atoms with Crippen molar-refractivity contribution in [1.82, 2.24) is 10.3 Å². The van der Waals surface area contributed by atoms with E-state index in [1.807, 2.05) is 26.3 Å². The minimum atomic E-state index is -0.242. The quantitative estimate of drug-likeness (QED) is 0.769. The lowest BCUT2D eigenvalue weighted by Gasteiger charge is -2.11. The average Bonchev–Trinajstić information content (AvgIpc) is 2.65. The minimum absolute atomic E-state index is 0.191. The Labute approximate surface area is 100 Å². The Kier molecular flexibility index (Phi) is 5.42. The van der Waals surface area contributed by atoms with Crippen molar-refractivity contribution in [2.24, 2.45) is 0 Å². The fourth-order valence-electron chi connectivity index (χ4n) is 1.32. The topological polar surface area (TPSA) is 51.2 Å². The molecule has 0 aliphatic rings. The Bertz CT molecular complexity index is 338. The SMILES string of the molecule is CCOC(=O)C(C)NCCc1scnc1C. The van der Waals surface area contributed by atoms with Gasteiger partial charge in [0, 0.05) is 11.4 Å². The molecule has 1 unspecified atom stereocenters. The summed E-state index contributed by atoms with van der Waals surface area (Å²) in [5.74, 6) is -0.191. The van der Waals surface area contributed by atoms with Crippen molar-refractivity contribution in [3.8, 4) is 0 Å². The normalized spacial score (nSPS) is 12.4. The van der Waals surface area contributed by atoms with Crippen LogP contribution in [-0.4, -0.2) is 30.1 Å². The second-order valence-electron chi connectivity index (χ2n) is 3.54. The van der Waals surface area contributed by atoms with Crippen molar-refractivity contribution < 1.29 is 9.53 Å². The molecule has 0 bridgehead atoms. The smallest absolute Gasteiger partial charge is 0.322 e. The summed E-state index contributed by atoms with van der Waals surface area (Å²) in [5, 5.41) is 3.14. The number of hydrogen-bond acceptors (Lipinski definition) is 5. The van der Waals surface area contributed by atoms with Crippen LogP contribution in [0.5, 0.6) is 0 Å². The molecule has 16 heavy (non-hydrogen) atoms. The van der Waals surface area contributed by atoms with Gasteiger partial charge in [-0.2, -0.15) is 0 Å². The molecule has 1 aromatic heterocycles. The Morgan fingerprint density at radius 3 is 3.00 bits per heavy atom. The van der Waals surface area contributed by atoms with Crippen molar-refractivity contribution in [3.05, 3.63) is 16.1 Å². The zero-order valence-electron chi connectivity index (χ0n) is 9.95. The van der Waals surface area contributed by atoms with Crippen LogP contribution in [0.3, 0.4) is 0 Å². The third kappa shape index (κ3) is 3.90. The molecule has 0 fully saturated rings. The first kappa shape index (κ1) is 13.1. The second-order valence-corrected chi connectivity index (χ2v) is 4.48. The maximum atomic E-state index is 11.3. The summed E-state index contributed by atoms with van der Waals surface area (Å²) in [6, 6.07) is -0.242. The fraction of sp³-hybridized carbons (Fsp3) is 0.636. The molecular formula is C11H18N2O2S. The molecule has 1 heterocycles. The minimum Gasteiger partial charge on any atom is -0.465 e. The molecule has 1 N–H and O–H groups in total. The third-order valence-electron chi connectivity index (χ3n) is 2.29. The third-order valence-corrected chi connectivity index (χ3v) is 3.28. The molecule has 1 rings (SSSR count). The van der Waals surface area contributed by atoms with E-state index in [0.29, 0.717) is 6.61 Å². The van der Waals surface area contributed by atoms with E-state index in [1.165, 1.54) is 4.88 Å². The van der Waals surface area contributed by atoms with Crippen molar-refractivity contribution in [3.63, 3.8) is 0 Å². The number of carbonyl (C=O) groups is 1. The lowest BCUT2D eigenvalue weighted by atomic mass is 10.2. The number of hydrogen-bond donors (Lipinski definition) is 1. The van der Waals surface area contributed by atoms with E-state index >= 15 is 0 Å². The molecule has 0 amide bonds. The molecule has 1 aromatic rings. The predicted molar refractivity (Wildman–Crippen MR) is 64.7 cm³/mol. The van der Waals surface area contributed by atoms with E-state index in [1.54, 1.807) is 11.3 Å². The van der Waals surface area contributed by atoms with Crippen LogP contribution in [0.4, 0.5) is 0 Å². The molecule has 5 heteroatoms. The molecule has 0 saturated carbocycles. The molecule has 0 radical (unpaired) electrons. The monoisotopic (exact) mass is 242 g/mol. The Balaban J connectivity index is 2.25. The van der Waals surface area contributed by atoms with Crippen molar-refractivity contribution >= 4 is 17.3 Å². The molecule has 0 spiro atoms. The zero-order chi connectivity index (χ0) is 12.0. The first-order valence-corrected chi connectivity index (χ1v) is 6.32.